The topological polar surface area (TPSA) is 42.0 Å². The van der Waals surface area contributed by atoms with Crippen LogP contribution in [0.5, 0.6) is 0 Å². The summed E-state index contributed by atoms with van der Waals surface area (Å²) in [6.45, 7) is 1.85. The fourth-order valence-electron chi connectivity index (χ4n) is 1.74. The highest BCUT2D eigenvalue weighted by Crippen LogP contribution is 2.12. The second-order valence-corrected chi connectivity index (χ2v) is 4.40. The van der Waals surface area contributed by atoms with Gasteiger partial charge in [-0.3, -0.25) is 9.78 Å². The molecule has 0 spiro atoms. The number of pyridine rings is 1. The summed E-state index contributed by atoms with van der Waals surface area (Å²) in [5, 5.41) is 2.82. The molecular formula is C16H15FN2O. The van der Waals surface area contributed by atoms with Crippen molar-refractivity contribution in [3.05, 3.63) is 71.8 Å². The Morgan fingerprint density at radius 3 is 2.50 bits per heavy atom. The summed E-state index contributed by atoms with van der Waals surface area (Å²) in [5.41, 5.74) is 1.77. The molecule has 0 aliphatic rings. The third-order valence-electron chi connectivity index (χ3n) is 2.86. The largest absolute Gasteiger partial charge is 0.346 e. The summed E-state index contributed by atoms with van der Waals surface area (Å²) in [4.78, 5) is 15.7. The molecule has 0 aliphatic heterocycles. The van der Waals surface area contributed by atoms with Crippen molar-refractivity contribution in [2.75, 3.05) is 0 Å². The molecule has 2 rings (SSSR count). The van der Waals surface area contributed by atoms with Gasteiger partial charge in [0, 0.05) is 18.5 Å². The van der Waals surface area contributed by atoms with Gasteiger partial charge in [-0.15, -0.1) is 0 Å². The van der Waals surface area contributed by atoms with Crippen molar-refractivity contribution >= 4 is 12.0 Å². The van der Waals surface area contributed by atoms with Gasteiger partial charge in [-0.25, -0.2) is 4.39 Å². The highest BCUT2D eigenvalue weighted by Gasteiger charge is 2.07. The second kappa shape index (κ2) is 6.61. The Labute approximate surface area is 117 Å². The predicted molar refractivity (Wildman–Crippen MR) is 76.2 cm³/mol. The van der Waals surface area contributed by atoms with Gasteiger partial charge in [-0.05, 0) is 48.4 Å². The Kier molecular flexibility index (Phi) is 4.60. The first-order valence-electron chi connectivity index (χ1n) is 6.29. The molecule has 0 saturated carbocycles. The van der Waals surface area contributed by atoms with Crippen LogP contribution in [0.4, 0.5) is 4.39 Å². The lowest BCUT2D eigenvalue weighted by Crippen LogP contribution is -2.24. The second-order valence-electron chi connectivity index (χ2n) is 4.40. The third kappa shape index (κ3) is 4.02. The molecule has 4 heteroatoms. The average molecular weight is 270 g/mol. The minimum atomic E-state index is -0.287. The molecular weight excluding hydrogens is 255 g/mol. The molecule has 1 aromatic heterocycles. The zero-order valence-electron chi connectivity index (χ0n) is 11.1. The average Bonchev–Trinajstić information content (AvgIpc) is 2.47. The van der Waals surface area contributed by atoms with Gasteiger partial charge in [-0.2, -0.15) is 0 Å². The molecule has 0 aliphatic carbocycles. The van der Waals surface area contributed by atoms with Crippen LogP contribution in [-0.4, -0.2) is 10.9 Å². The van der Waals surface area contributed by atoms with Gasteiger partial charge in [0.05, 0.1) is 6.04 Å². The molecule has 0 saturated heterocycles. The Morgan fingerprint density at radius 2 is 1.85 bits per heavy atom. The summed E-state index contributed by atoms with van der Waals surface area (Å²) in [7, 11) is 0. The Morgan fingerprint density at radius 1 is 1.20 bits per heavy atom. The number of carbonyl (C=O) groups is 1. The molecule has 3 nitrogen and oxygen atoms in total. The zero-order chi connectivity index (χ0) is 14.4. The lowest BCUT2D eigenvalue weighted by Gasteiger charge is -2.12. The van der Waals surface area contributed by atoms with Crippen LogP contribution in [0.25, 0.3) is 6.08 Å². The third-order valence-corrected chi connectivity index (χ3v) is 2.86. The first-order valence-corrected chi connectivity index (χ1v) is 6.29. The highest BCUT2D eigenvalue weighted by atomic mass is 19.1. The number of hydrogen-bond donors (Lipinski definition) is 1. The summed E-state index contributed by atoms with van der Waals surface area (Å²) in [5.74, 6) is -0.483. The summed E-state index contributed by atoms with van der Waals surface area (Å²) in [6, 6.07) is 9.53. The molecule has 0 bridgehead atoms. The van der Waals surface area contributed by atoms with Crippen molar-refractivity contribution in [3.63, 3.8) is 0 Å². The van der Waals surface area contributed by atoms with Crippen molar-refractivity contribution in [3.8, 4) is 0 Å². The van der Waals surface area contributed by atoms with E-state index in [4.69, 9.17) is 0 Å². The molecule has 1 N–H and O–H groups in total. The number of nitrogens with zero attached hydrogens (tertiary/aromatic N) is 1. The predicted octanol–water partition coefficient (Wildman–Crippen LogP) is 3.11. The van der Waals surface area contributed by atoms with Gasteiger partial charge in [-0.1, -0.05) is 12.1 Å². The molecule has 1 atom stereocenters. The molecule has 1 heterocycles. The lowest BCUT2D eigenvalue weighted by atomic mass is 10.1. The van der Waals surface area contributed by atoms with Crippen LogP contribution in [0.2, 0.25) is 0 Å². The maximum atomic E-state index is 12.8. The quantitative estimate of drug-likeness (QED) is 0.867. The van der Waals surface area contributed by atoms with Crippen molar-refractivity contribution in [2.24, 2.45) is 0 Å². The number of halogens is 1. The van der Waals surface area contributed by atoms with E-state index in [2.05, 4.69) is 10.3 Å². The Bertz CT molecular complexity index is 594. The molecule has 2 aromatic rings. The zero-order valence-corrected chi connectivity index (χ0v) is 11.1. The van der Waals surface area contributed by atoms with Crippen LogP contribution in [0.15, 0.2) is 54.9 Å². The molecule has 0 fully saturated rings. The maximum absolute atomic E-state index is 12.8. The van der Waals surface area contributed by atoms with E-state index in [1.807, 2.05) is 19.1 Å². The lowest BCUT2D eigenvalue weighted by molar-refractivity contribution is -0.117. The van der Waals surface area contributed by atoms with Crippen LogP contribution < -0.4 is 5.32 Å². The summed E-state index contributed by atoms with van der Waals surface area (Å²) in [6.07, 6.45) is 6.52. The minimum Gasteiger partial charge on any atom is -0.346 e. The number of hydrogen-bond acceptors (Lipinski definition) is 2. The standard InChI is InChI=1S/C16H15FN2O/c1-12(14-3-5-15(17)6-4-14)19-16(20)7-2-13-8-10-18-11-9-13/h2-12H,1H3,(H,19,20). The molecule has 1 unspecified atom stereocenters. The number of aromatic nitrogens is 1. The smallest absolute Gasteiger partial charge is 0.244 e. The van der Waals surface area contributed by atoms with E-state index in [9.17, 15) is 9.18 Å². The van der Waals surface area contributed by atoms with Gasteiger partial charge in [0.25, 0.3) is 0 Å². The van der Waals surface area contributed by atoms with Gasteiger partial charge < -0.3 is 5.32 Å². The van der Waals surface area contributed by atoms with E-state index in [-0.39, 0.29) is 17.8 Å². The Balaban J connectivity index is 1.94. The minimum absolute atomic E-state index is 0.176. The van der Waals surface area contributed by atoms with Crippen molar-refractivity contribution < 1.29 is 9.18 Å². The maximum Gasteiger partial charge on any atom is 0.244 e. The van der Waals surface area contributed by atoms with E-state index in [0.717, 1.165) is 11.1 Å². The monoisotopic (exact) mass is 270 g/mol. The number of carbonyl (C=O) groups excluding carboxylic acids is 1. The van der Waals surface area contributed by atoms with Crippen molar-refractivity contribution in [2.45, 2.75) is 13.0 Å². The van der Waals surface area contributed by atoms with Crippen LogP contribution in [0.3, 0.4) is 0 Å². The fourth-order valence-corrected chi connectivity index (χ4v) is 1.74. The van der Waals surface area contributed by atoms with Gasteiger partial charge in [0.1, 0.15) is 5.82 Å². The number of amides is 1. The van der Waals surface area contributed by atoms with E-state index in [1.54, 1.807) is 30.6 Å². The SMILES string of the molecule is CC(NC(=O)C=Cc1ccncc1)c1ccc(F)cc1. The molecule has 20 heavy (non-hydrogen) atoms. The number of nitrogens with one attached hydrogen (secondary N) is 1. The van der Waals surface area contributed by atoms with Gasteiger partial charge in [0.15, 0.2) is 0 Å². The number of rotatable bonds is 4. The van der Waals surface area contributed by atoms with Gasteiger partial charge in [0.2, 0.25) is 5.91 Å². The first-order chi connectivity index (χ1) is 9.65. The molecule has 1 amide bonds. The normalized spacial score (nSPS) is 12.3. The fraction of sp³-hybridized carbons (Fsp3) is 0.125. The van der Waals surface area contributed by atoms with E-state index >= 15 is 0 Å². The molecule has 1 aromatic carbocycles. The van der Waals surface area contributed by atoms with Crippen molar-refractivity contribution in [1.29, 1.82) is 0 Å². The van der Waals surface area contributed by atoms with E-state index < -0.39 is 0 Å². The molecule has 102 valence electrons. The van der Waals surface area contributed by atoms with Crippen LogP contribution in [0.1, 0.15) is 24.1 Å². The number of benzene rings is 1. The summed E-state index contributed by atoms with van der Waals surface area (Å²) >= 11 is 0. The van der Waals surface area contributed by atoms with Crippen molar-refractivity contribution in [1.82, 2.24) is 10.3 Å². The van der Waals surface area contributed by atoms with E-state index in [0.29, 0.717) is 0 Å². The van der Waals surface area contributed by atoms with Crippen LogP contribution in [0, 0.1) is 5.82 Å². The first kappa shape index (κ1) is 13.9. The molecule has 0 radical (unpaired) electrons. The Hall–Kier alpha value is -2.49. The summed E-state index contributed by atoms with van der Waals surface area (Å²) < 4.78 is 12.8. The van der Waals surface area contributed by atoms with Crippen LogP contribution in [-0.2, 0) is 4.79 Å². The van der Waals surface area contributed by atoms with E-state index in [1.165, 1.54) is 18.2 Å². The van der Waals surface area contributed by atoms with Gasteiger partial charge >= 0.3 is 0 Å². The van der Waals surface area contributed by atoms with Crippen LogP contribution >= 0.6 is 0 Å². The highest BCUT2D eigenvalue weighted by molar-refractivity contribution is 5.91.